The second-order valence-corrected chi connectivity index (χ2v) is 7.77. The standard InChI is InChI=1S/C20H19FN2O4S/c21-17-10-4-5-11-19(17)28(25,26)23-18(13-15-7-2-1-3-8-15)20(24)22-14-16-9-6-12-27-16/h1-12,18,23H,13-14H2,(H,22,24). The molecular formula is C20H19FN2O4S. The number of hydrogen-bond donors (Lipinski definition) is 2. The molecule has 0 bridgehead atoms. The zero-order chi connectivity index (χ0) is 20.0. The Bertz CT molecular complexity index is 1020. The number of amides is 1. The van der Waals surface area contributed by atoms with Crippen LogP contribution in [0.2, 0.25) is 0 Å². The van der Waals surface area contributed by atoms with Gasteiger partial charge in [0.1, 0.15) is 22.5 Å². The third kappa shape index (κ3) is 5.05. The van der Waals surface area contributed by atoms with E-state index >= 15 is 0 Å². The fraction of sp³-hybridized carbons (Fsp3) is 0.150. The highest BCUT2D eigenvalue weighted by Crippen LogP contribution is 2.15. The van der Waals surface area contributed by atoms with Crippen LogP contribution in [0.3, 0.4) is 0 Å². The smallest absolute Gasteiger partial charge is 0.244 e. The molecule has 0 fully saturated rings. The number of carbonyl (C=O) groups is 1. The Morgan fingerprint density at radius 2 is 1.71 bits per heavy atom. The maximum absolute atomic E-state index is 14.0. The number of carbonyl (C=O) groups excluding carboxylic acids is 1. The van der Waals surface area contributed by atoms with Gasteiger partial charge in [-0.05, 0) is 36.2 Å². The van der Waals surface area contributed by atoms with Gasteiger partial charge in [0.25, 0.3) is 0 Å². The lowest BCUT2D eigenvalue weighted by Gasteiger charge is -2.19. The van der Waals surface area contributed by atoms with Crippen molar-refractivity contribution in [3.05, 3.63) is 90.1 Å². The van der Waals surface area contributed by atoms with Crippen molar-refractivity contribution < 1.29 is 22.0 Å². The molecule has 1 aromatic heterocycles. The minimum absolute atomic E-state index is 0.110. The molecule has 3 rings (SSSR count). The quantitative estimate of drug-likeness (QED) is 0.606. The van der Waals surface area contributed by atoms with Gasteiger partial charge in [0.05, 0.1) is 12.8 Å². The molecule has 28 heavy (non-hydrogen) atoms. The topological polar surface area (TPSA) is 88.4 Å². The number of nitrogens with one attached hydrogen (secondary N) is 2. The van der Waals surface area contributed by atoms with Crippen LogP contribution in [0, 0.1) is 5.82 Å². The fourth-order valence-electron chi connectivity index (χ4n) is 2.66. The van der Waals surface area contributed by atoms with Gasteiger partial charge in [0, 0.05) is 0 Å². The van der Waals surface area contributed by atoms with E-state index in [1.165, 1.54) is 18.4 Å². The minimum Gasteiger partial charge on any atom is -0.467 e. The van der Waals surface area contributed by atoms with Crippen LogP contribution in [0.4, 0.5) is 4.39 Å². The molecule has 146 valence electrons. The monoisotopic (exact) mass is 402 g/mol. The highest BCUT2D eigenvalue weighted by atomic mass is 32.2. The van der Waals surface area contributed by atoms with Gasteiger partial charge >= 0.3 is 0 Å². The zero-order valence-corrected chi connectivity index (χ0v) is 15.7. The highest BCUT2D eigenvalue weighted by Gasteiger charge is 2.27. The summed E-state index contributed by atoms with van der Waals surface area (Å²) in [6.07, 6.45) is 1.59. The molecule has 2 N–H and O–H groups in total. The molecule has 1 amide bonds. The Kier molecular flexibility index (Phi) is 6.23. The van der Waals surface area contributed by atoms with Crippen LogP contribution in [0.15, 0.2) is 82.3 Å². The summed E-state index contributed by atoms with van der Waals surface area (Å²) in [6, 6.07) is 16.2. The fourth-order valence-corrected chi connectivity index (χ4v) is 3.94. The lowest BCUT2D eigenvalue weighted by Crippen LogP contribution is -2.47. The summed E-state index contributed by atoms with van der Waals surface area (Å²) >= 11 is 0. The summed E-state index contributed by atoms with van der Waals surface area (Å²) in [5.74, 6) is -0.895. The van der Waals surface area contributed by atoms with Crippen molar-refractivity contribution in [2.75, 3.05) is 0 Å². The van der Waals surface area contributed by atoms with Crippen LogP contribution in [0.5, 0.6) is 0 Å². The van der Waals surface area contributed by atoms with E-state index in [0.29, 0.717) is 5.76 Å². The van der Waals surface area contributed by atoms with Crippen LogP contribution in [0.1, 0.15) is 11.3 Å². The van der Waals surface area contributed by atoms with E-state index < -0.39 is 32.7 Å². The molecule has 6 nitrogen and oxygen atoms in total. The van der Waals surface area contributed by atoms with E-state index in [2.05, 4.69) is 10.0 Å². The van der Waals surface area contributed by atoms with E-state index in [1.807, 2.05) is 6.07 Å². The summed E-state index contributed by atoms with van der Waals surface area (Å²) in [5.41, 5.74) is 0.761. The van der Waals surface area contributed by atoms with Gasteiger partial charge < -0.3 is 9.73 Å². The van der Waals surface area contributed by atoms with E-state index in [4.69, 9.17) is 4.42 Å². The van der Waals surface area contributed by atoms with Crippen molar-refractivity contribution in [3.8, 4) is 0 Å². The molecule has 2 aromatic carbocycles. The molecule has 1 atom stereocenters. The summed E-state index contributed by atoms with van der Waals surface area (Å²) in [5, 5.41) is 2.64. The molecule has 1 unspecified atom stereocenters. The second kappa shape index (κ2) is 8.81. The SMILES string of the molecule is O=C(NCc1ccco1)C(Cc1ccccc1)NS(=O)(=O)c1ccccc1F. The van der Waals surface area contributed by atoms with Crippen LogP contribution in [0.25, 0.3) is 0 Å². The van der Waals surface area contributed by atoms with E-state index in [1.54, 1.807) is 36.4 Å². The van der Waals surface area contributed by atoms with Crippen molar-refractivity contribution in [2.24, 2.45) is 0 Å². The van der Waals surface area contributed by atoms with Crippen LogP contribution >= 0.6 is 0 Å². The molecule has 8 heteroatoms. The third-order valence-corrected chi connectivity index (χ3v) is 5.54. The second-order valence-electron chi connectivity index (χ2n) is 6.09. The molecule has 0 aliphatic carbocycles. The number of rotatable bonds is 8. The summed E-state index contributed by atoms with van der Waals surface area (Å²) in [7, 11) is -4.24. The summed E-state index contributed by atoms with van der Waals surface area (Å²) in [6.45, 7) is 0.110. The minimum atomic E-state index is -4.24. The highest BCUT2D eigenvalue weighted by molar-refractivity contribution is 7.89. The van der Waals surface area contributed by atoms with Gasteiger partial charge in [-0.2, -0.15) is 4.72 Å². The van der Waals surface area contributed by atoms with Gasteiger partial charge in [-0.1, -0.05) is 42.5 Å². The lowest BCUT2D eigenvalue weighted by atomic mass is 10.1. The van der Waals surface area contributed by atoms with Gasteiger partial charge in [0.15, 0.2) is 0 Å². The molecule has 0 saturated carbocycles. The molecule has 1 heterocycles. The maximum atomic E-state index is 14.0. The van der Waals surface area contributed by atoms with Crippen LogP contribution < -0.4 is 10.0 Å². The number of sulfonamides is 1. The Labute approximate surface area is 162 Å². The van der Waals surface area contributed by atoms with Crippen molar-refractivity contribution >= 4 is 15.9 Å². The Balaban J connectivity index is 1.80. The number of halogens is 1. The first-order chi connectivity index (χ1) is 13.5. The first kappa shape index (κ1) is 19.8. The average molecular weight is 402 g/mol. The van der Waals surface area contributed by atoms with Gasteiger partial charge in [-0.15, -0.1) is 0 Å². The number of hydrogen-bond acceptors (Lipinski definition) is 4. The molecule has 0 radical (unpaired) electrons. The third-order valence-electron chi connectivity index (χ3n) is 4.04. The van der Waals surface area contributed by atoms with Crippen molar-refractivity contribution in [1.82, 2.24) is 10.0 Å². The maximum Gasteiger partial charge on any atom is 0.244 e. The molecule has 0 spiro atoms. The molecule has 0 aliphatic heterocycles. The first-order valence-electron chi connectivity index (χ1n) is 8.56. The van der Waals surface area contributed by atoms with E-state index in [0.717, 1.165) is 17.7 Å². The zero-order valence-electron chi connectivity index (χ0n) is 14.8. The van der Waals surface area contributed by atoms with Gasteiger partial charge in [-0.3, -0.25) is 4.79 Å². The Morgan fingerprint density at radius 3 is 2.39 bits per heavy atom. The summed E-state index contributed by atoms with van der Waals surface area (Å²) < 4.78 is 46.7. The van der Waals surface area contributed by atoms with Gasteiger partial charge in [-0.25, -0.2) is 12.8 Å². The van der Waals surface area contributed by atoms with Gasteiger partial charge in [0.2, 0.25) is 15.9 Å². The normalized spacial score (nSPS) is 12.5. The Morgan fingerprint density at radius 1 is 1.00 bits per heavy atom. The van der Waals surface area contributed by atoms with Crippen molar-refractivity contribution in [3.63, 3.8) is 0 Å². The number of benzene rings is 2. The Hall–Kier alpha value is -2.97. The molecular weight excluding hydrogens is 383 g/mol. The van der Waals surface area contributed by atoms with Crippen molar-refractivity contribution in [1.29, 1.82) is 0 Å². The summed E-state index contributed by atoms with van der Waals surface area (Å²) in [4.78, 5) is 12.2. The molecule has 0 saturated heterocycles. The van der Waals surface area contributed by atoms with Crippen molar-refractivity contribution in [2.45, 2.75) is 23.9 Å². The van der Waals surface area contributed by atoms with E-state index in [9.17, 15) is 17.6 Å². The largest absolute Gasteiger partial charge is 0.467 e. The predicted octanol–water partition coefficient (Wildman–Crippen LogP) is 2.62. The van der Waals surface area contributed by atoms with Crippen LogP contribution in [-0.2, 0) is 27.8 Å². The lowest BCUT2D eigenvalue weighted by molar-refractivity contribution is -0.122. The first-order valence-corrected chi connectivity index (χ1v) is 10.0. The molecule has 0 aliphatic rings. The molecule has 3 aromatic rings. The van der Waals surface area contributed by atoms with Crippen LogP contribution in [-0.4, -0.2) is 20.4 Å². The van der Waals surface area contributed by atoms with E-state index in [-0.39, 0.29) is 13.0 Å². The average Bonchev–Trinajstić information content (AvgIpc) is 3.20. The number of furan rings is 1. The predicted molar refractivity (Wildman–Crippen MR) is 101 cm³/mol.